The maximum Gasteiger partial charge on any atom is 0.337 e. The standard InChI is InChI=1S/C28H28ClFN4O4/c1-16(2)18-7-5-6-8-20(18)28(27(37)33-22-13-32-24(29)12-19(22)25(35)31-3)14-34(15-28)23-10-9-17(11-21(23)30)26(36)38-4/h5-13,16H,14-15H2,1-4H3,(H,31,35)(H,33,37). The van der Waals surface area contributed by atoms with Gasteiger partial charge in [-0.1, -0.05) is 49.7 Å². The van der Waals surface area contributed by atoms with Crippen molar-refractivity contribution in [2.24, 2.45) is 0 Å². The summed E-state index contributed by atoms with van der Waals surface area (Å²) in [6, 6.07) is 13.2. The first kappa shape index (κ1) is 27.1. The highest BCUT2D eigenvalue weighted by Crippen LogP contribution is 2.42. The summed E-state index contributed by atoms with van der Waals surface area (Å²) in [5.74, 6) is -1.89. The number of carbonyl (C=O) groups is 3. The van der Waals surface area contributed by atoms with E-state index in [1.165, 1.54) is 38.6 Å². The van der Waals surface area contributed by atoms with Crippen LogP contribution in [0.15, 0.2) is 54.7 Å². The molecule has 38 heavy (non-hydrogen) atoms. The van der Waals surface area contributed by atoms with Crippen LogP contribution in [0.5, 0.6) is 0 Å². The van der Waals surface area contributed by atoms with Crippen LogP contribution in [0.2, 0.25) is 5.15 Å². The van der Waals surface area contributed by atoms with Gasteiger partial charge in [0.2, 0.25) is 5.91 Å². The average Bonchev–Trinajstić information content (AvgIpc) is 2.89. The Morgan fingerprint density at radius 1 is 1.13 bits per heavy atom. The van der Waals surface area contributed by atoms with E-state index >= 15 is 4.39 Å². The van der Waals surface area contributed by atoms with Gasteiger partial charge >= 0.3 is 5.97 Å². The number of hydrogen-bond acceptors (Lipinski definition) is 6. The summed E-state index contributed by atoms with van der Waals surface area (Å²) in [4.78, 5) is 44.0. The van der Waals surface area contributed by atoms with E-state index in [1.807, 2.05) is 38.1 Å². The number of nitrogens with one attached hydrogen (secondary N) is 2. The van der Waals surface area contributed by atoms with E-state index in [1.54, 1.807) is 4.90 Å². The molecule has 1 aliphatic heterocycles. The number of rotatable bonds is 7. The SMILES string of the molecule is CNC(=O)c1cc(Cl)ncc1NC(=O)C1(c2ccccc2C(C)C)CN(c2ccc(C(=O)OC)cc2F)C1. The second-order valence-electron chi connectivity index (χ2n) is 9.42. The van der Waals surface area contributed by atoms with Crippen LogP contribution in [0.1, 0.15) is 51.6 Å². The summed E-state index contributed by atoms with van der Waals surface area (Å²) in [7, 11) is 2.71. The van der Waals surface area contributed by atoms with Crippen molar-refractivity contribution in [3.8, 4) is 0 Å². The number of esters is 1. The number of benzene rings is 2. The van der Waals surface area contributed by atoms with Gasteiger partial charge in [0.25, 0.3) is 5.91 Å². The van der Waals surface area contributed by atoms with Crippen LogP contribution >= 0.6 is 11.6 Å². The lowest BCUT2D eigenvalue weighted by Crippen LogP contribution is -2.65. The molecule has 4 rings (SSSR count). The summed E-state index contributed by atoms with van der Waals surface area (Å²) in [6.45, 7) is 4.43. The van der Waals surface area contributed by atoms with Crippen molar-refractivity contribution in [3.63, 3.8) is 0 Å². The normalized spacial score (nSPS) is 14.0. The van der Waals surface area contributed by atoms with E-state index in [4.69, 9.17) is 11.6 Å². The van der Waals surface area contributed by atoms with Gasteiger partial charge in [-0.15, -0.1) is 0 Å². The largest absolute Gasteiger partial charge is 0.465 e. The maximum absolute atomic E-state index is 15.0. The second-order valence-corrected chi connectivity index (χ2v) is 9.81. The zero-order valence-corrected chi connectivity index (χ0v) is 22.2. The Hall–Kier alpha value is -3.98. The molecule has 0 radical (unpaired) electrons. The van der Waals surface area contributed by atoms with E-state index in [-0.39, 0.29) is 52.6 Å². The molecule has 2 amide bonds. The Labute approximate surface area is 225 Å². The third-order valence-corrected chi connectivity index (χ3v) is 6.96. The van der Waals surface area contributed by atoms with Gasteiger partial charge in [0.05, 0.1) is 35.8 Å². The monoisotopic (exact) mass is 538 g/mol. The van der Waals surface area contributed by atoms with Crippen molar-refractivity contribution in [1.29, 1.82) is 0 Å². The van der Waals surface area contributed by atoms with Gasteiger partial charge in [-0.05, 0) is 41.3 Å². The van der Waals surface area contributed by atoms with Crippen molar-refractivity contribution >= 4 is 40.8 Å². The smallest absolute Gasteiger partial charge is 0.337 e. The second kappa shape index (κ2) is 10.8. The highest BCUT2D eigenvalue weighted by atomic mass is 35.5. The zero-order valence-electron chi connectivity index (χ0n) is 21.5. The van der Waals surface area contributed by atoms with Crippen LogP contribution in [-0.2, 0) is 14.9 Å². The van der Waals surface area contributed by atoms with E-state index < -0.39 is 23.1 Å². The highest BCUT2D eigenvalue weighted by molar-refractivity contribution is 6.30. The van der Waals surface area contributed by atoms with Crippen molar-refractivity contribution in [3.05, 3.63) is 88.0 Å². The highest BCUT2D eigenvalue weighted by Gasteiger charge is 2.52. The zero-order chi connectivity index (χ0) is 27.6. The van der Waals surface area contributed by atoms with Crippen molar-refractivity contribution < 1.29 is 23.5 Å². The molecule has 10 heteroatoms. The Morgan fingerprint density at radius 3 is 2.47 bits per heavy atom. The number of halogens is 2. The molecule has 0 saturated carbocycles. The Morgan fingerprint density at radius 2 is 1.84 bits per heavy atom. The van der Waals surface area contributed by atoms with Crippen LogP contribution in [0.3, 0.4) is 0 Å². The molecule has 0 bridgehead atoms. The molecule has 2 N–H and O–H groups in total. The predicted molar refractivity (Wildman–Crippen MR) is 143 cm³/mol. The third-order valence-electron chi connectivity index (χ3n) is 6.75. The van der Waals surface area contributed by atoms with Crippen molar-refractivity contribution in [1.82, 2.24) is 10.3 Å². The number of nitrogens with zero attached hydrogens (tertiary/aromatic N) is 2. The summed E-state index contributed by atoms with van der Waals surface area (Å²) in [6.07, 6.45) is 1.34. The van der Waals surface area contributed by atoms with Crippen molar-refractivity contribution in [2.45, 2.75) is 25.2 Å². The van der Waals surface area contributed by atoms with E-state index in [9.17, 15) is 14.4 Å². The van der Waals surface area contributed by atoms with Crippen molar-refractivity contribution in [2.75, 3.05) is 37.5 Å². The van der Waals surface area contributed by atoms with E-state index in [0.717, 1.165) is 17.2 Å². The number of carbonyl (C=O) groups excluding carboxylic acids is 3. The van der Waals surface area contributed by atoms with Gasteiger partial charge in [-0.3, -0.25) is 9.59 Å². The number of methoxy groups -OCH3 is 1. The Balaban J connectivity index is 1.73. The summed E-state index contributed by atoms with van der Waals surface area (Å²) >= 11 is 6.00. The van der Waals surface area contributed by atoms with Gasteiger partial charge in [-0.25, -0.2) is 14.2 Å². The van der Waals surface area contributed by atoms with E-state index in [0.29, 0.717) is 0 Å². The molecule has 1 fully saturated rings. The number of amides is 2. The maximum atomic E-state index is 15.0. The fourth-order valence-electron chi connectivity index (χ4n) is 4.75. The minimum atomic E-state index is -1.05. The van der Waals surface area contributed by atoms with Crippen LogP contribution in [-0.4, -0.2) is 50.0 Å². The molecule has 3 aromatic rings. The molecule has 2 aromatic carbocycles. The van der Waals surface area contributed by atoms with Gasteiger partial charge in [0, 0.05) is 20.1 Å². The molecule has 1 aliphatic rings. The molecule has 0 atom stereocenters. The summed E-state index contributed by atoms with van der Waals surface area (Å²) in [5.41, 5.74) is 1.51. The topological polar surface area (TPSA) is 101 Å². The van der Waals surface area contributed by atoms with Crippen LogP contribution < -0.4 is 15.5 Å². The molecule has 1 saturated heterocycles. The first-order valence-corrected chi connectivity index (χ1v) is 12.4. The third kappa shape index (κ3) is 4.93. The molecule has 1 aromatic heterocycles. The molecule has 0 unspecified atom stereocenters. The molecule has 0 spiro atoms. The predicted octanol–water partition coefficient (Wildman–Crippen LogP) is 4.54. The first-order valence-electron chi connectivity index (χ1n) is 12.0. The molecule has 8 nitrogen and oxygen atoms in total. The van der Waals surface area contributed by atoms with Crippen LogP contribution in [0, 0.1) is 5.82 Å². The van der Waals surface area contributed by atoms with Crippen LogP contribution in [0.25, 0.3) is 0 Å². The fraction of sp³-hybridized carbons (Fsp3) is 0.286. The summed E-state index contributed by atoms with van der Waals surface area (Å²) in [5, 5.41) is 5.53. The number of pyridine rings is 1. The minimum absolute atomic E-state index is 0.0976. The lowest BCUT2D eigenvalue weighted by Gasteiger charge is -2.51. The van der Waals surface area contributed by atoms with Gasteiger partial charge in [0.1, 0.15) is 16.4 Å². The van der Waals surface area contributed by atoms with Gasteiger partial charge in [-0.2, -0.15) is 0 Å². The Bertz CT molecular complexity index is 1410. The molecular formula is C28H28ClFN4O4. The quantitative estimate of drug-likeness (QED) is 0.338. The number of ether oxygens (including phenoxy) is 1. The number of anilines is 2. The molecular weight excluding hydrogens is 511 g/mol. The van der Waals surface area contributed by atoms with Gasteiger partial charge < -0.3 is 20.3 Å². The number of aromatic nitrogens is 1. The molecule has 0 aliphatic carbocycles. The Kier molecular flexibility index (Phi) is 7.68. The lowest BCUT2D eigenvalue weighted by molar-refractivity contribution is -0.122. The first-order chi connectivity index (χ1) is 18.1. The van der Waals surface area contributed by atoms with Gasteiger partial charge in [0.15, 0.2) is 0 Å². The average molecular weight is 539 g/mol. The summed E-state index contributed by atoms with van der Waals surface area (Å²) < 4.78 is 19.7. The minimum Gasteiger partial charge on any atom is -0.465 e. The number of hydrogen-bond donors (Lipinski definition) is 2. The van der Waals surface area contributed by atoms with E-state index in [2.05, 4.69) is 20.4 Å². The lowest BCUT2D eigenvalue weighted by atomic mass is 9.69. The molecule has 2 heterocycles. The molecule has 198 valence electrons. The fourth-order valence-corrected chi connectivity index (χ4v) is 4.91. The van der Waals surface area contributed by atoms with Crippen LogP contribution in [0.4, 0.5) is 15.8 Å².